The molecule has 1 fully saturated rings. The van der Waals surface area contributed by atoms with E-state index >= 15 is 0 Å². The van der Waals surface area contributed by atoms with Crippen molar-refractivity contribution in [2.45, 2.75) is 39.3 Å². The third-order valence-electron chi connectivity index (χ3n) is 4.74. The van der Waals surface area contributed by atoms with Crippen LogP contribution in [0.2, 0.25) is 0 Å². The van der Waals surface area contributed by atoms with E-state index in [2.05, 4.69) is 18.3 Å². The lowest BCUT2D eigenvalue weighted by molar-refractivity contribution is -0.131. The van der Waals surface area contributed by atoms with Crippen LogP contribution in [-0.2, 0) is 11.3 Å². The molecule has 5 heteroatoms. The van der Waals surface area contributed by atoms with Gasteiger partial charge in [0.25, 0.3) is 0 Å². The van der Waals surface area contributed by atoms with Crippen molar-refractivity contribution in [3.05, 3.63) is 23.8 Å². The molecule has 1 N–H and O–H groups in total. The third kappa shape index (κ3) is 3.04. The van der Waals surface area contributed by atoms with E-state index in [1.807, 2.05) is 17.0 Å². The van der Waals surface area contributed by atoms with Crippen LogP contribution in [-0.4, -0.2) is 36.7 Å². The lowest BCUT2D eigenvalue weighted by Crippen LogP contribution is -2.50. The molecule has 2 aliphatic heterocycles. The van der Waals surface area contributed by atoms with Gasteiger partial charge in [-0.15, -0.1) is 0 Å². The molecule has 120 valence electrons. The fraction of sp³-hybridized carbons (Fsp3) is 0.588. The van der Waals surface area contributed by atoms with Crippen LogP contribution < -0.4 is 14.8 Å². The summed E-state index contributed by atoms with van der Waals surface area (Å²) in [7, 11) is 0. The maximum Gasteiger partial charge on any atom is 0.231 e. The quantitative estimate of drug-likeness (QED) is 0.926. The molecule has 2 atom stereocenters. The number of hydrogen-bond acceptors (Lipinski definition) is 4. The molecule has 0 bridgehead atoms. The standard InChI is InChI=1S/C17H24N2O3/c1-3-13-10-19(12(2)20)8-7-15(13)18-9-14-5-4-6-16-17(14)22-11-21-16/h4-6,13,15,18H,3,7-11H2,1-2H3/t13-,15+/m0/s1. The van der Waals surface area contributed by atoms with E-state index in [0.29, 0.717) is 18.8 Å². The van der Waals surface area contributed by atoms with E-state index in [9.17, 15) is 4.79 Å². The highest BCUT2D eigenvalue weighted by molar-refractivity contribution is 5.73. The topological polar surface area (TPSA) is 50.8 Å². The van der Waals surface area contributed by atoms with Crippen LogP contribution in [0.5, 0.6) is 11.5 Å². The molecule has 2 aliphatic rings. The summed E-state index contributed by atoms with van der Waals surface area (Å²) in [6.07, 6.45) is 2.08. The number of rotatable bonds is 4. The van der Waals surface area contributed by atoms with Crippen LogP contribution in [0.4, 0.5) is 0 Å². The molecule has 0 spiro atoms. The van der Waals surface area contributed by atoms with Gasteiger partial charge in [-0.1, -0.05) is 25.5 Å². The van der Waals surface area contributed by atoms with Gasteiger partial charge in [-0.3, -0.25) is 4.79 Å². The number of fused-ring (bicyclic) bond motifs is 1. The number of piperidine rings is 1. The summed E-state index contributed by atoms with van der Waals surface area (Å²) in [6.45, 7) is 6.63. The summed E-state index contributed by atoms with van der Waals surface area (Å²) < 4.78 is 11.0. The first-order valence-electron chi connectivity index (χ1n) is 8.05. The van der Waals surface area contributed by atoms with Gasteiger partial charge in [-0.2, -0.15) is 0 Å². The van der Waals surface area contributed by atoms with E-state index in [4.69, 9.17) is 9.47 Å². The molecule has 0 radical (unpaired) electrons. The highest BCUT2D eigenvalue weighted by Gasteiger charge is 2.29. The monoisotopic (exact) mass is 304 g/mol. The first kappa shape index (κ1) is 15.2. The van der Waals surface area contributed by atoms with Crippen molar-refractivity contribution < 1.29 is 14.3 Å². The number of ether oxygens (including phenoxy) is 2. The SMILES string of the molecule is CC[C@H]1CN(C(C)=O)CC[C@H]1NCc1cccc2c1OCO2. The number of nitrogens with zero attached hydrogens (tertiary/aromatic N) is 1. The van der Waals surface area contributed by atoms with E-state index in [0.717, 1.165) is 49.5 Å². The molecule has 1 aromatic rings. The van der Waals surface area contributed by atoms with Crippen LogP contribution in [0.15, 0.2) is 18.2 Å². The Balaban J connectivity index is 1.62. The fourth-order valence-corrected chi connectivity index (χ4v) is 3.37. The minimum Gasteiger partial charge on any atom is -0.454 e. The van der Waals surface area contributed by atoms with Crippen LogP contribution in [0, 0.1) is 5.92 Å². The van der Waals surface area contributed by atoms with Gasteiger partial charge in [0.15, 0.2) is 11.5 Å². The molecule has 0 saturated carbocycles. The second-order valence-corrected chi connectivity index (χ2v) is 6.06. The zero-order valence-corrected chi connectivity index (χ0v) is 13.3. The average molecular weight is 304 g/mol. The maximum absolute atomic E-state index is 11.5. The van der Waals surface area contributed by atoms with Crippen molar-refractivity contribution in [3.63, 3.8) is 0 Å². The Labute approximate surface area is 131 Å². The first-order chi connectivity index (χ1) is 10.7. The van der Waals surface area contributed by atoms with Gasteiger partial charge in [0.05, 0.1) is 0 Å². The normalized spacial score (nSPS) is 23.6. The van der Waals surface area contributed by atoms with E-state index in [-0.39, 0.29) is 5.91 Å². The molecule has 0 unspecified atom stereocenters. The van der Waals surface area contributed by atoms with Crippen molar-refractivity contribution in [1.29, 1.82) is 0 Å². The molecular formula is C17H24N2O3. The van der Waals surface area contributed by atoms with Crippen molar-refractivity contribution in [2.24, 2.45) is 5.92 Å². The molecule has 3 rings (SSSR count). The molecule has 1 saturated heterocycles. The Bertz CT molecular complexity index is 547. The largest absolute Gasteiger partial charge is 0.454 e. The van der Waals surface area contributed by atoms with Gasteiger partial charge in [0.2, 0.25) is 12.7 Å². The maximum atomic E-state index is 11.5. The Morgan fingerprint density at radius 2 is 2.27 bits per heavy atom. The number of carbonyl (C=O) groups excluding carboxylic acids is 1. The van der Waals surface area contributed by atoms with E-state index < -0.39 is 0 Å². The molecule has 22 heavy (non-hydrogen) atoms. The number of hydrogen-bond donors (Lipinski definition) is 1. The third-order valence-corrected chi connectivity index (χ3v) is 4.74. The molecule has 5 nitrogen and oxygen atoms in total. The summed E-state index contributed by atoms with van der Waals surface area (Å²) in [5, 5.41) is 3.65. The number of para-hydroxylation sites is 1. The van der Waals surface area contributed by atoms with Crippen molar-refractivity contribution in [3.8, 4) is 11.5 Å². The number of nitrogens with one attached hydrogen (secondary N) is 1. The number of likely N-dealkylation sites (tertiary alicyclic amines) is 1. The predicted molar refractivity (Wildman–Crippen MR) is 83.8 cm³/mol. The van der Waals surface area contributed by atoms with Crippen LogP contribution in [0.1, 0.15) is 32.3 Å². The number of amides is 1. The second kappa shape index (κ2) is 6.57. The summed E-state index contributed by atoms with van der Waals surface area (Å²) in [6, 6.07) is 6.46. The summed E-state index contributed by atoms with van der Waals surface area (Å²) in [4.78, 5) is 13.5. The Morgan fingerprint density at radius 3 is 3.05 bits per heavy atom. The van der Waals surface area contributed by atoms with Gasteiger partial charge in [0, 0.05) is 38.2 Å². The Kier molecular flexibility index (Phi) is 4.52. The first-order valence-corrected chi connectivity index (χ1v) is 8.05. The van der Waals surface area contributed by atoms with Crippen molar-refractivity contribution >= 4 is 5.91 Å². The second-order valence-electron chi connectivity index (χ2n) is 6.06. The Morgan fingerprint density at radius 1 is 1.41 bits per heavy atom. The van der Waals surface area contributed by atoms with Crippen LogP contribution in [0.25, 0.3) is 0 Å². The summed E-state index contributed by atoms with van der Waals surface area (Å²) >= 11 is 0. The molecule has 0 aliphatic carbocycles. The fourth-order valence-electron chi connectivity index (χ4n) is 3.37. The number of benzene rings is 1. The summed E-state index contributed by atoms with van der Waals surface area (Å²) in [5.74, 6) is 2.39. The van der Waals surface area contributed by atoms with E-state index in [1.54, 1.807) is 6.92 Å². The minimum atomic E-state index is 0.184. The van der Waals surface area contributed by atoms with Crippen molar-refractivity contribution in [2.75, 3.05) is 19.9 Å². The highest BCUT2D eigenvalue weighted by atomic mass is 16.7. The molecular weight excluding hydrogens is 280 g/mol. The van der Waals surface area contributed by atoms with Crippen LogP contribution in [0.3, 0.4) is 0 Å². The van der Waals surface area contributed by atoms with E-state index in [1.165, 1.54) is 0 Å². The Hall–Kier alpha value is -1.75. The smallest absolute Gasteiger partial charge is 0.231 e. The van der Waals surface area contributed by atoms with Crippen LogP contribution >= 0.6 is 0 Å². The van der Waals surface area contributed by atoms with Gasteiger partial charge in [0.1, 0.15) is 0 Å². The molecule has 1 amide bonds. The zero-order chi connectivity index (χ0) is 15.5. The zero-order valence-electron chi connectivity index (χ0n) is 13.3. The number of carbonyl (C=O) groups is 1. The highest BCUT2D eigenvalue weighted by Crippen LogP contribution is 2.35. The van der Waals surface area contributed by atoms with Gasteiger partial charge >= 0.3 is 0 Å². The van der Waals surface area contributed by atoms with Gasteiger partial charge in [-0.25, -0.2) is 0 Å². The van der Waals surface area contributed by atoms with Gasteiger partial charge in [-0.05, 0) is 18.4 Å². The molecule has 0 aromatic heterocycles. The lowest BCUT2D eigenvalue weighted by Gasteiger charge is -2.38. The van der Waals surface area contributed by atoms with Gasteiger partial charge < -0.3 is 19.7 Å². The summed E-state index contributed by atoms with van der Waals surface area (Å²) in [5.41, 5.74) is 1.14. The average Bonchev–Trinajstić information content (AvgIpc) is 3.01. The molecule has 1 aromatic carbocycles. The molecule has 2 heterocycles. The van der Waals surface area contributed by atoms with Crippen molar-refractivity contribution in [1.82, 2.24) is 10.2 Å². The minimum absolute atomic E-state index is 0.184. The predicted octanol–water partition coefficient (Wildman–Crippen LogP) is 2.15. The lowest BCUT2D eigenvalue weighted by atomic mass is 9.89.